The molecule has 3 nitrogen and oxygen atoms in total. The van der Waals surface area contributed by atoms with Crippen LogP contribution >= 0.6 is 0 Å². The minimum atomic E-state index is -2.62. The maximum atomic E-state index is 12.4. The quantitative estimate of drug-likeness (QED) is 0.537. The zero-order chi connectivity index (χ0) is 21.1. The van der Waals surface area contributed by atoms with Crippen molar-refractivity contribution in [3.8, 4) is 0 Å². The molecule has 2 atom stereocenters. The average Bonchev–Trinajstić information content (AvgIpc) is 3.09. The summed E-state index contributed by atoms with van der Waals surface area (Å²) in [4.78, 5) is 12.4. The van der Waals surface area contributed by atoms with Crippen LogP contribution in [0, 0.1) is 0 Å². The summed E-state index contributed by atoms with van der Waals surface area (Å²) in [6.07, 6.45) is -0.431. The van der Waals surface area contributed by atoms with E-state index in [1.807, 2.05) is 19.1 Å². The fourth-order valence-electron chi connectivity index (χ4n) is 4.16. The first kappa shape index (κ1) is 21.5. The molecule has 2 aromatic rings. The SMILES string of the molecule is C=C=C(C)[C@@H]1O[C@@H](CO[Si](c2ccccc2)(c2ccccc2)C(C)(C)C)CC1=O. The van der Waals surface area contributed by atoms with Crippen molar-refractivity contribution in [1.82, 2.24) is 0 Å². The molecule has 29 heavy (non-hydrogen) atoms. The summed E-state index contributed by atoms with van der Waals surface area (Å²) >= 11 is 0. The van der Waals surface area contributed by atoms with Gasteiger partial charge in [-0.15, -0.1) is 5.73 Å². The lowest BCUT2D eigenvalue weighted by Crippen LogP contribution is -2.67. The predicted octanol–water partition coefficient (Wildman–Crippen LogP) is 4.02. The van der Waals surface area contributed by atoms with Crippen molar-refractivity contribution in [3.05, 3.63) is 78.5 Å². The van der Waals surface area contributed by atoms with Gasteiger partial charge in [-0.3, -0.25) is 4.79 Å². The molecule has 1 aliphatic rings. The zero-order valence-electron chi connectivity index (χ0n) is 17.8. The van der Waals surface area contributed by atoms with Gasteiger partial charge in [-0.1, -0.05) is 88.0 Å². The van der Waals surface area contributed by atoms with E-state index in [0.29, 0.717) is 13.0 Å². The highest BCUT2D eigenvalue weighted by molar-refractivity contribution is 6.99. The first-order valence-corrected chi connectivity index (χ1v) is 12.0. The molecule has 1 fully saturated rings. The van der Waals surface area contributed by atoms with Gasteiger partial charge in [0, 0.05) is 12.0 Å². The average molecular weight is 407 g/mol. The number of rotatable bonds is 6. The topological polar surface area (TPSA) is 35.5 Å². The molecule has 0 amide bonds. The molecule has 0 radical (unpaired) electrons. The van der Waals surface area contributed by atoms with Crippen LogP contribution in [-0.4, -0.2) is 32.9 Å². The molecule has 4 heteroatoms. The Balaban J connectivity index is 1.97. The fourth-order valence-corrected chi connectivity index (χ4v) is 8.75. The van der Waals surface area contributed by atoms with Crippen LogP contribution in [0.3, 0.4) is 0 Å². The summed E-state index contributed by atoms with van der Waals surface area (Å²) in [5.74, 6) is 0.0784. The summed E-state index contributed by atoms with van der Waals surface area (Å²) in [5.41, 5.74) is 3.53. The van der Waals surface area contributed by atoms with E-state index in [-0.39, 0.29) is 16.9 Å². The molecule has 3 rings (SSSR count). The highest BCUT2D eigenvalue weighted by Crippen LogP contribution is 2.37. The van der Waals surface area contributed by atoms with Crippen molar-refractivity contribution < 1.29 is 14.0 Å². The maximum absolute atomic E-state index is 12.4. The van der Waals surface area contributed by atoms with E-state index >= 15 is 0 Å². The third kappa shape index (κ3) is 4.21. The molecule has 2 aromatic carbocycles. The number of ketones is 1. The maximum Gasteiger partial charge on any atom is 0.261 e. The van der Waals surface area contributed by atoms with Crippen LogP contribution in [-0.2, 0) is 14.0 Å². The minimum Gasteiger partial charge on any atom is -0.405 e. The normalized spacial score (nSPS) is 19.8. The van der Waals surface area contributed by atoms with Gasteiger partial charge in [-0.25, -0.2) is 0 Å². The highest BCUT2D eigenvalue weighted by Gasteiger charge is 2.51. The lowest BCUT2D eigenvalue weighted by Gasteiger charge is -2.43. The van der Waals surface area contributed by atoms with Gasteiger partial charge in [-0.2, -0.15) is 0 Å². The Kier molecular flexibility index (Phi) is 6.40. The molecule has 0 aliphatic carbocycles. The van der Waals surface area contributed by atoms with E-state index < -0.39 is 14.4 Å². The van der Waals surface area contributed by atoms with Crippen molar-refractivity contribution in [2.45, 2.75) is 51.4 Å². The van der Waals surface area contributed by atoms with Crippen molar-refractivity contribution in [2.24, 2.45) is 0 Å². The fraction of sp³-hybridized carbons (Fsp3) is 0.360. The minimum absolute atomic E-state index is 0.0784. The second-order valence-corrected chi connectivity index (χ2v) is 12.9. The molecule has 0 unspecified atom stereocenters. The molecule has 0 N–H and O–H groups in total. The van der Waals surface area contributed by atoms with Crippen LogP contribution < -0.4 is 10.4 Å². The van der Waals surface area contributed by atoms with E-state index in [0.717, 1.165) is 5.57 Å². The lowest BCUT2D eigenvalue weighted by molar-refractivity contribution is -0.121. The second kappa shape index (κ2) is 8.64. The summed E-state index contributed by atoms with van der Waals surface area (Å²) < 4.78 is 12.9. The van der Waals surface area contributed by atoms with E-state index in [4.69, 9.17) is 9.16 Å². The van der Waals surface area contributed by atoms with Gasteiger partial charge < -0.3 is 9.16 Å². The van der Waals surface area contributed by atoms with E-state index in [9.17, 15) is 4.79 Å². The van der Waals surface area contributed by atoms with Crippen LogP contribution in [0.15, 0.2) is 78.5 Å². The van der Waals surface area contributed by atoms with E-state index in [1.165, 1.54) is 10.4 Å². The largest absolute Gasteiger partial charge is 0.405 e. The van der Waals surface area contributed by atoms with Crippen LogP contribution in [0.4, 0.5) is 0 Å². The number of carbonyl (C=O) groups is 1. The molecule has 0 spiro atoms. The lowest BCUT2D eigenvalue weighted by atomic mass is 10.1. The number of carbonyl (C=O) groups excluding carboxylic acids is 1. The Morgan fingerprint density at radius 2 is 1.62 bits per heavy atom. The predicted molar refractivity (Wildman–Crippen MR) is 120 cm³/mol. The molecular weight excluding hydrogens is 376 g/mol. The smallest absolute Gasteiger partial charge is 0.261 e. The zero-order valence-corrected chi connectivity index (χ0v) is 18.8. The number of hydrogen-bond acceptors (Lipinski definition) is 3. The summed E-state index contributed by atoms with van der Waals surface area (Å²) in [6, 6.07) is 21.0. The van der Waals surface area contributed by atoms with Gasteiger partial charge in [0.2, 0.25) is 0 Å². The number of benzene rings is 2. The van der Waals surface area contributed by atoms with Crippen LogP contribution in [0.1, 0.15) is 34.1 Å². The monoisotopic (exact) mass is 406 g/mol. The van der Waals surface area contributed by atoms with Gasteiger partial charge >= 0.3 is 0 Å². The second-order valence-electron chi connectivity index (χ2n) is 8.64. The summed E-state index contributed by atoms with van der Waals surface area (Å²) in [5, 5.41) is 2.35. The molecular formula is C25H30O3Si. The van der Waals surface area contributed by atoms with Gasteiger partial charge in [0.15, 0.2) is 5.78 Å². The first-order chi connectivity index (χ1) is 13.8. The van der Waals surface area contributed by atoms with E-state index in [1.54, 1.807) is 0 Å². The Hall–Kier alpha value is -2.23. The van der Waals surface area contributed by atoms with Crippen LogP contribution in [0.5, 0.6) is 0 Å². The van der Waals surface area contributed by atoms with Crippen LogP contribution in [0.25, 0.3) is 0 Å². The molecule has 1 saturated heterocycles. The highest BCUT2D eigenvalue weighted by atomic mass is 28.4. The van der Waals surface area contributed by atoms with Gasteiger partial charge in [0.05, 0.1) is 12.7 Å². The van der Waals surface area contributed by atoms with E-state index in [2.05, 4.69) is 81.6 Å². The van der Waals surface area contributed by atoms with Gasteiger partial charge in [-0.05, 0) is 22.3 Å². The van der Waals surface area contributed by atoms with Crippen molar-refractivity contribution >= 4 is 24.5 Å². The Morgan fingerprint density at radius 3 is 2.07 bits per heavy atom. The number of Topliss-reactive ketones (excluding diaryl/α,β-unsaturated/α-hetero) is 1. The number of hydrogen-bond donors (Lipinski definition) is 0. The first-order valence-electron chi connectivity index (χ1n) is 10.1. The molecule has 0 saturated carbocycles. The van der Waals surface area contributed by atoms with Crippen molar-refractivity contribution in [1.29, 1.82) is 0 Å². The molecule has 1 aliphatic heterocycles. The molecule has 0 bridgehead atoms. The molecule has 1 heterocycles. The summed E-state index contributed by atoms with van der Waals surface area (Å²) in [7, 11) is -2.62. The third-order valence-corrected chi connectivity index (χ3v) is 10.6. The Labute approximate surface area is 175 Å². The van der Waals surface area contributed by atoms with Crippen molar-refractivity contribution in [2.75, 3.05) is 6.61 Å². The van der Waals surface area contributed by atoms with Crippen LogP contribution in [0.2, 0.25) is 5.04 Å². The molecule has 152 valence electrons. The third-order valence-electron chi connectivity index (χ3n) is 5.62. The number of ether oxygens (including phenoxy) is 1. The Morgan fingerprint density at radius 1 is 1.10 bits per heavy atom. The van der Waals surface area contributed by atoms with Crippen molar-refractivity contribution in [3.63, 3.8) is 0 Å². The Bertz CT molecular complexity index is 853. The summed E-state index contributed by atoms with van der Waals surface area (Å²) in [6.45, 7) is 12.6. The van der Waals surface area contributed by atoms with Gasteiger partial charge in [0.1, 0.15) is 6.10 Å². The standard InChI is InChI=1S/C25H30O3Si/c1-6-19(2)24-23(26)17-20(28-24)18-27-29(25(3,4)5,21-13-9-7-10-14-21)22-15-11-8-12-16-22/h7-16,20,24H,1,17-18H2,2-5H3/t20-,24+/m1/s1. The molecule has 0 aromatic heterocycles. The van der Waals surface area contributed by atoms with Gasteiger partial charge in [0.25, 0.3) is 8.32 Å².